The molecule has 1 aromatic rings. The van der Waals surface area contributed by atoms with Crippen LogP contribution in [0.2, 0.25) is 0 Å². The van der Waals surface area contributed by atoms with Gasteiger partial charge in [-0.2, -0.15) is 0 Å². The first-order chi connectivity index (χ1) is 8.39. The number of urea groups is 1. The zero-order valence-corrected chi connectivity index (χ0v) is 10.4. The number of aromatic nitrogens is 3. The molecule has 0 fully saturated rings. The second-order valence-corrected chi connectivity index (χ2v) is 4.50. The van der Waals surface area contributed by atoms with Gasteiger partial charge in [-0.1, -0.05) is 5.21 Å². The van der Waals surface area contributed by atoms with Crippen LogP contribution in [0.1, 0.15) is 20.3 Å². The number of carboxylic acids is 1. The molecule has 0 aliphatic rings. The number of nitrogens with zero attached hydrogens (tertiary/aromatic N) is 3. The lowest BCUT2D eigenvalue weighted by Gasteiger charge is -2.24. The first-order valence-electron chi connectivity index (χ1n) is 5.51. The summed E-state index contributed by atoms with van der Waals surface area (Å²) < 4.78 is 1.59. The van der Waals surface area contributed by atoms with Crippen molar-refractivity contribution in [1.82, 2.24) is 25.6 Å². The monoisotopic (exact) mass is 255 g/mol. The smallest absolute Gasteiger partial charge is 0.315 e. The van der Waals surface area contributed by atoms with Crippen molar-refractivity contribution in [3.63, 3.8) is 0 Å². The Kier molecular flexibility index (Phi) is 4.64. The number of carboxylic acid groups (broad SMARTS) is 1. The predicted molar refractivity (Wildman–Crippen MR) is 62.9 cm³/mol. The molecule has 0 saturated heterocycles. The van der Waals surface area contributed by atoms with Crippen molar-refractivity contribution in [1.29, 1.82) is 0 Å². The van der Waals surface area contributed by atoms with Crippen molar-refractivity contribution in [2.24, 2.45) is 0 Å². The molecule has 0 unspecified atom stereocenters. The molecule has 1 aromatic heterocycles. The third-order valence-corrected chi connectivity index (χ3v) is 2.14. The van der Waals surface area contributed by atoms with Crippen LogP contribution in [0.5, 0.6) is 0 Å². The molecule has 0 bridgehead atoms. The number of aliphatic carboxylic acids is 1. The van der Waals surface area contributed by atoms with E-state index in [-0.39, 0.29) is 6.42 Å². The Balaban J connectivity index is 2.26. The van der Waals surface area contributed by atoms with Gasteiger partial charge < -0.3 is 15.7 Å². The summed E-state index contributed by atoms with van der Waals surface area (Å²) in [4.78, 5) is 22.1. The lowest BCUT2D eigenvalue weighted by molar-refractivity contribution is -0.138. The number of nitrogens with one attached hydrogen (secondary N) is 2. The zero-order valence-electron chi connectivity index (χ0n) is 10.4. The highest BCUT2D eigenvalue weighted by atomic mass is 16.4. The molecule has 8 nitrogen and oxygen atoms in total. The van der Waals surface area contributed by atoms with Crippen molar-refractivity contribution in [3.8, 4) is 0 Å². The predicted octanol–water partition coefficient (Wildman–Crippen LogP) is -0.169. The Labute approximate surface area is 104 Å². The molecular weight excluding hydrogens is 238 g/mol. The molecule has 0 spiro atoms. The lowest BCUT2D eigenvalue weighted by atomic mass is 10.0. The van der Waals surface area contributed by atoms with Gasteiger partial charge in [-0.15, -0.1) is 5.10 Å². The van der Waals surface area contributed by atoms with Crippen LogP contribution in [0.3, 0.4) is 0 Å². The van der Waals surface area contributed by atoms with Gasteiger partial charge in [-0.3, -0.25) is 9.48 Å². The van der Waals surface area contributed by atoms with E-state index >= 15 is 0 Å². The molecule has 0 radical (unpaired) electrons. The molecule has 0 saturated carbocycles. The number of carbonyl (C=O) groups is 2. The minimum Gasteiger partial charge on any atom is -0.481 e. The molecule has 8 heteroatoms. The number of rotatable bonds is 6. The van der Waals surface area contributed by atoms with Gasteiger partial charge in [0.2, 0.25) is 0 Å². The number of hydrogen-bond acceptors (Lipinski definition) is 4. The van der Waals surface area contributed by atoms with E-state index in [1.807, 2.05) is 0 Å². The summed E-state index contributed by atoms with van der Waals surface area (Å²) in [6.45, 7) is 4.20. The maximum absolute atomic E-state index is 11.5. The van der Waals surface area contributed by atoms with Gasteiger partial charge in [0.05, 0.1) is 19.2 Å². The van der Waals surface area contributed by atoms with Gasteiger partial charge >= 0.3 is 12.0 Å². The first kappa shape index (κ1) is 13.9. The normalized spacial score (nSPS) is 11.0. The second-order valence-electron chi connectivity index (χ2n) is 4.50. The third-order valence-electron chi connectivity index (χ3n) is 2.14. The van der Waals surface area contributed by atoms with E-state index in [4.69, 9.17) is 5.11 Å². The van der Waals surface area contributed by atoms with Crippen LogP contribution in [0.4, 0.5) is 4.79 Å². The SMILES string of the molecule is CC(C)(CC(=O)O)NC(=O)NCCn1ccnn1. The minimum atomic E-state index is -0.956. The molecule has 0 aliphatic carbocycles. The van der Waals surface area contributed by atoms with Gasteiger partial charge in [0.25, 0.3) is 0 Å². The third kappa shape index (κ3) is 5.28. The molecule has 0 aliphatic heterocycles. The van der Waals surface area contributed by atoms with Gasteiger partial charge in [-0.05, 0) is 13.8 Å². The fourth-order valence-corrected chi connectivity index (χ4v) is 1.41. The Morgan fingerprint density at radius 3 is 2.72 bits per heavy atom. The van der Waals surface area contributed by atoms with Crippen molar-refractivity contribution in [3.05, 3.63) is 12.4 Å². The van der Waals surface area contributed by atoms with Gasteiger partial charge in [0, 0.05) is 18.3 Å². The van der Waals surface area contributed by atoms with E-state index in [2.05, 4.69) is 20.9 Å². The second kappa shape index (κ2) is 5.99. The highest BCUT2D eigenvalue weighted by molar-refractivity contribution is 5.76. The average Bonchev–Trinajstić information content (AvgIpc) is 2.66. The van der Waals surface area contributed by atoms with E-state index in [0.717, 1.165) is 0 Å². The van der Waals surface area contributed by atoms with Crippen molar-refractivity contribution in [2.75, 3.05) is 6.54 Å². The first-order valence-corrected chi connectivity index (χ1v) is 5.51. The largest absolute Gasteiger partial charge is 0.481 e. The molecule has 100 valence electrons. The summed E-state index contributed by atoms with van der Waals surface area (Å²) in [7, 11) is 0. The summed E-state index contributed by atoms with van der Waals surface area (Å²) in [5, 5.41) is 21.3. The summed E-state index contributed by atoms with van der Waals surface area (Å²) in [5.74, 6) is -0.956. The summed E-state index contributed by atoms with van der Waals surface area (Å²) in [6, 6.07) is -0.402. The number of amides is 2. The Morgan fingerprint density at radius 2 is 2.17 bits per heavy atom. The van der Waals surface area contributed by atoms with Crippen molar-refractivity contribution >= 4 is 12.0 Å². The van der Waals surface area contributed by atoms with E-state index < -0.39 is 17.5 Å². The van der Waals surface area contributed by atoms with Gasteiger partial charge in [0.1, 0.15) is 0 Å². The zero-order chi connectivity index (χ0) is 13.6. The van der Waals surface area contributed by atoms with Gasteiger partial charge in [-0.25, -0.2) is 4.79 Å². The maximum atomic E-state index is 11.5. The quantitative estimate of drug-likeness (QED) is 0.654. The van der Waals surface area contributed by atoms with Crippen LogP contribution in [-0.4, -0.2) is 44.2 Å². The fourth-order valence-electron chi connectivity index (χ4n) is 1.41. The van der Waals surface area contributed by atoms with Crippen LogP contribution in [0.25, 0.3) is 0 Å². The van der Waals surface area contributed by atoms with Crippen molar-refractivity contribution < 1.29 is 14.7 Å². The van der Waals surface area contributed by atoms with E-state index in [1.54, 1.807) is 30.9 Å². The highest BCUT2D eigenvalue weighted by Gasteiger charge is 2.23. The minimum absolute atomic E-state index is 0.135. The van der Waals surface area contributed by atoms with Crippen LogP contribution >= 0.6 is 0 Å². The van der Waals surface area contributed by atoms with Crippen LogP contribution in [0, 0.1) is 0 Å². The molecular formula is C10H17N5O3. The fraction of sp³-hybridized carbons (Fsp3) is 0.600. The summed E-state index contributed by atoms with van der Waals surface area (Å²) in [6.07, 6.45) is 3.10. The summed E-state index contributed by atoms with van der Waals surface area (Å²) >= 11 is 0. The molecule has 0 atom stereocenters. The molecule has 1 heterocycles. The number of carbonyl (C=O) groups excluding carboxylic acids is 1. The Bertz CT molecular complexity index is 402. The average molecular weight is 255 g/mol. The van der Waals surface area contributed by atoms with E-state index in [1.165, 1.54) is 0 Å². The maximum Gasteiger partial charge on any atom is 0.315 e. The Morgan fingerprint density at radius 1 is 1.44 bits per heavy atom. The van der Waals surface area contributed by atoms with Crippen LogP contribution in [0.15, 0.2) is 12.4 Å². The van der Waals surface area contributed by atoms with E-state index in [0.29, 0.717) is 13.1 Å². The molecule has 3 N–H and O–H groups in total. The number of hydrogen-bond donors (Lipinski definition) is 3. The Hall–Kier alpha value is -2.12. The van der Waals surface area contributed by atoms with Crippen LogP contribution < -0.4 is 10.6 Å². The summed E-state index contributed by atoms with van der Waals surface area (Å²) in [5.41, 5.74) is -0.789. The molecule has 1 rings (SSSR count). The molecule has 2 amide bonds. The van der Waals surface area contributed by atoms with E-state index in [9.17, 15) is 9.59 Å². The van der Waals surface area contributed by atoms with Crippen LogP contribution in [-0.2, 0) is 11.3 Å². The molecule has 0 aromatic carbocycles. The van der Waals surface area contributed by atoms with Crippen molar-refractivity contribution in [2.45, 2.75) is 32.4 Å². The topological polar surface area (TPSA) is 109 Å². The standard InChI is InChI=1S/C10H17N5O3/c1-10(2,7-8(16)17)13-9(18)11-3-5-15-6-4-12-14-15/h4,6H,3,5,7H2,1-2H3,(H,16,17)(H2,11,13,18). The highest BCUT2D eigenvalue weighted by Crippen LogP contribution is 2.07. The molecule has 18 heavy (non-hydrogen) atoms. The van der Waals surface area contributed by atoms with Gasteiger partial charge in [0.15, 0.2) is 0 Å². The lowest BCUT2D eigenvalue weighted by Crippen LogP contribution is -2.49.